The van der Waals surface area contributed by atoms with Crippen molar-refractivity contribution < 1.29 is 22.8 Å². The van der Waals surface area contributed by atoms with Crippen LogP contribution in [0.1, 0.15) is 69.2 Å². The van der Waals surface area contributed by atoms with Crippen LogP contribution in [0.15, 0.2) is 5.11 Å². The van der Waals surface area contributed by atoms with E-state index < -0.39 is 55.5 Å². The van der Waals surface area contributed by atoms with Gasteiger partial charge in [-0.15, -0.1) is 0 Å². The minimum absolute atomic E-state index is 0.0113. The zero-order valence-corrected chi connectivity index (χ0v) is 30.0. The van der Waals surface area contributed by atoms with Crippen LogP contribution in [0.2, 0.25) is 54.4 Å². The summed E-state index contributed by atoms with van der Waals surface area (Å²) in [6.45, 7) is 34.6. The Morgan fingerprint density at radius 3 is 1.63 bits per heavy atom. The third-order valence-corrected chi connectivity index (χ3v) is 22.5. The van der Waals surface area contributed by atoms with Crippen molar-refractivity contribution in [3.8, 4) is 0 Å². The molecule has 0 radical (unpaired) electrons. The van der Waals surface area contributed by atoms with Crippen LogP contribution in [0, 0.1) is 0 Å². The van der Waals surface area contributed by atoms with Gasteiger partial charge in [0.15, 0.2) is 31.2 Å². The van der Waals surface area contributed by atoms with Crippen molar-refractivity contribution in [3.05, 3.63) is 10.4 Å². The SMILES string of the molecule is CC(=O)N[C@@H]1[C@@H](O[Si](C)(C)C(C)(C)C)[C@H](O[Si](C)(C)C(C)(C)C)[C@@H](CO[Si](C)(C)C(C)(C)C)O[C@@H]1N=[N+]=[N-]. The molecule has 1 heterocycles. The second-order valence-electron chi connectivity index (χ2n) is 15.3. The van der Waals surface area contributed by atoms with E-state index in [9.17, 15) is 10.3 Å². The van der Waals surface area contributed by atoms with Gasteiger partial charge in [0, 0.05) is 11.8 Å². The normalized spacial score (nSPS) is 26.1. The van der Waals surface area contributed by atoms with Crippen LogP contribution >= 0.6 is 0 Å². The highest BCUT2D eigenvalue weighted by atomic mass is 28.4. The number of hydrogen-bond donors (Lipinski definition) is 1. The summed E-state index contributed by atoms with van der Waals surface area (Å²) in [6, 6.07) is -0.698. The predicted molar refractivity (Wildman–Crippen MR) is 163 cm³/mol. The lowest BCUT2D eigenvalue weighted by Crippen LogP contribution is -2.69. The first-order valence-electron chi connectivity index (χ1n) is 13.7. The van der Waals surface area contributed by atoms with Gasteiger partial charge in [0.2, 0.25) is 5.91 Å². The van der Waals surface area contributed by atoms with E-state index in [0.29, 0.717) is 0 Å². The van der Waals surface area contributed by atoms with Crippen LogP contribution in [0.25, 0.3) is 10.4 Å². The summed E-state index contributed by atoms with van der Waals surface area (Å²) in [5.74, 6) is -0.248. The molecular weight excluding hydrogens is 533 g/mol. The average molecular weight is 589 g/mol. The molecule has 1 amide bonds. The van der Waals surface area contributed by atoms with Gasteiger partial charge in [0.1, 0.15) is 12.2 Å². The number of hydrogen-bond acceptors (Lipinski definition) is 6. The number of nitrogens with one attached hydrogen (secondary N) is 1. The van der Waals surface area contributed by atoms with E-state index in [-0.39, 0.29) is 27.6 Å². The van der Waals surface area contributed by atoms with Crippen LogP contribution in [-0.4, -0.2) is 68.0 Å². The van der Waals surface area contributed by atoms with Crippen LogP contribution in [-0.2, 0) is 22.8 Å². The molecule has 0 bridgehead atoms. The molecule has 1 aliphatic rings. The van der Waals surface area contributed by atoms with Gasteiger partial charge in [0.05, 0.1) is 18.8 Å². The summed E-state index contributed by atoms with van der Waals surface area (Å²) in [6.07, 6.45) is -2.58. The lowest BCUT2D eigenvalue weighted by Gasteiger charge is -2.53. The molecule has 0 aromatic carbocycles. The van der Waals surface area contributed by atoms with Gasteiger partial charge in [0.25, 0.3) is 0 Å². The third kappa shape index (κ3) is 8.63. The monoisotopic (exact) mass is 588 g/mol. The van der Waals surface area contributed by atoms with Gasteiger partial charge in [-0.1, -0.05) is 67.4 Å². The first-order valence-corrected chi connectivity index (χ1v) is 22.5. The number of amides is 1. The highest BCUT2D eigenvalue weighted by Gasteiger charge is 2.54. The number of azide groups is 1. The molecule has 0 aromatic rings. The fourth-order valence-electron chi connectivity index (χ4n) is 3.42. The zero-order chi connectivity index (χ0) is 30.1. The third-order valence-electron chi connectivity index (χ3n) is 9.09. The van der Waals surface area contributed by atoms with Gasteiger partial charge >= 0.3 is 0 Å². The van der Waals surface area contributed by atoms with E-state index in [4.69, 9.17) is 18.0 Å². The van der Waals surface area contributed by atoms with Gasteiger partial charge in [-0.25, -0.2) is 0 Å². The molecule has 5 atom stereocenters. The van der Waals surface area contributed by atoms with Gasteiger partial charge in [-0.05, 0) is 59.9 Å². The quantitative estimate of drug-likeness (QED) is 0.131. The van der Waals surface area contributed by atoms with Crippen molar-refractivity contribution in [1.82, 2.24) is 5.32 Å². The Hall–Kier alpha value is -0.729. The second-order valence-corrected chi connectivity index (χ2v) is 29.6. The largest absolute Gasteiger partial charge is 0.414 e. The number of carbonyl (C=O) groups is 1. The number of carbonyl (C=O) groups excluding carboxylic acids is 1. The Morgan fingerprint density at radius 1 is 0.842 bits per heavy atom. The maximum Gasteiger partial charge on any atom is 0.217 e. The van der Waals surface area contributed by atoms with Crippen molar-refractivity contribution in [2.75, 3.05) is 6.61 Å². The molecule has 9 nitrogen and oxygen atoms in total. The Bertz CT molecular complexity index is 872. The molecule has 38 heavy (non-hydrogen) atoms. The molecule has 1 fully saturated rings. The summed E-state index contributed by atoms with van der Waals surface area (Å²) in [5, 5.41) is 6.82. The second kappa shape index (κ2) is 12.0. The molecule has 0 unspecified atom stereocenters. The number of rotatable bonds is 9. The van der Waals surface area contributed by atoms with Crippen LogP contribution < -0.4 is 5.32 Å². The lowest BCUT2D eigenvalue weighted by atomic mass is 9.96. The van der Waals surface area contributed by atoms with E-state index in [1.807, 2.05) is 0 Å². The van der Waals surface area contributed by atoms with Crippen molar-refractivity contribution in [1.29, 1.82) is 0 Å². The summed E-state index contributed by atoms with van der Waals surface area (Å²) in [4.78, 5) is 15.4. The lowest BCUT2D eigenvalue weighted by molar-refractivity contribution is -0.183. The smallest absolute Gasteiger partial charge is 0.217 e. The van der Waals surface area contributed by atoms with Gasteiger partial charge in [-0.3, -0.25) is 4.79 Å². The average Bonchev–Trinajstić information content (AvgIpc) is 2.68. The summed E-state index contributed by atoms with van der Waals surface area (Å²) in [7, 11) is -6.81. The van der Waals surface area contributed by atoms with Crippen LogP contribution in [0.5, 0.6) is 0 Å². The van der Waals surface area contributed by atoms with E-state index in [1.165, 1.54) is 6.92 Å². The van der Waals surface area contributed by atoms with Crippen molar-refractivity contribution in [2.24, 2.45) is 5.11 Å². The molecule has 0 spiro atoms. The molecule has 0 saturated carbocycles. The van der Waals surface area contributed by atoms with E-state index in [2.05, 4.69) is 117 Å². The minimum atomic E-state index is -2.36. The molecule has 0 aromatic heterocycles. The van der Waals surface area contributed by atoms with Gasteiger partial charge < -0.3 is 23.3 Å². The molecule has 1 N–H and O–H groups in total. The van der Waals surface area contributed by atoms with Crippen molar-refractivity contribution >= 4 is 30.9 Å². The van der Waals surface area contributed by atoms with Crippen molar-refractivity contribution in [2.45, 2.75) is 154 Å². The molecule has 1 rings (SSSR count). The van der Waals surface area contributed by atoms with E-state index >= 15 is 0 Å². The topological polar surface area (TPSA) is 115 Å². The maximum atomic E-state index is 12.4. The summed E-state index contributed by atoms with van der Waals surface area (Å²) < 4.78 is 27.2. The standard InChI is InChI=1S/C26H56N4O5Si3/c1-18(31)28-20-22(35-38(15,16)26(8,9)10)21(34-37(13,14)25(5,6)7)19(33-23(20)29-30-27)17-32-36(11,12)24(2,3)4/h19-23H,17H2,1-16H3,(H,28,31)/t19-,20-,21-,22-,23+/m1/s1. The molecule has 222 valence electrons. The molecule has 12 heteroatoms. The van der Waals surface area contributed by atoms with Crippen molar-refractivity contribution in [3.63, 3.8) is 0 Å². The Labute approximate surface area is 235 Å². The first kappa shape index (κ1) is 35.3. The van der Waals surface area contributed by atoms with Crippen LogP contribution in [0.4, 0.5) is 0 Å². The van der Waals surface area contributed by atoms with E-state index in [1.54, 1.807) is 0 Å². The van der Waals surface area contributed by atoms with Gasteiger partial charge in [-0.2, -0.15) is 0 Å². The Morgan fingerprint density at radius 2 is 1.26 bits per heavy atom. The zero-order valence-electron chi connectivity index (χ0n) is 27.0. The molecule has 1 aliphatic heterocycles. The van der Waals surface area contributed by atoms with Crippen LogP contribution in [0.3, 0.4) is 0 Å². The fourth-order valence-corrected chi connectivity index (χ4v) is 7.06. The predicted octanol–water partition coefficient (Wildman–Crippen LogP) is 7.33. The van der Waals surface area contributed by atoms with E-state index in [0.717, 1.165) is 0 Å². The Kier molecular flexibility index (Phi) is 11.2. The highest BCUT2D eigenvalue weighted by molar-refractivity contribution is 6.75. The fraction of sp³-hybridized carbons (Fsp3) is 0.962. The summed E-state index contributed by atoms with van der Waals surface area (Å²) >= 11 is 0. The number of ether oxygens (including phenoxy) is 1. The minimum Gasteiger partial charge on any atom is -0.414 e. The highest BCUT2D eigenvalue weighted by Crippen LogP contribution is 2.44. The molecule has 1 saturated heterocycles. The molecule has 0 aliphatic carbocycles. The molecular formula is C26H56N4O5Si3. The first-order chi connectivity index (χ1) is 16.8. The number of nitrogens with zero attached hydrogens (tertiary/aromatic N) is 3. The maximum absolute atomic E-state index is 12.4. The Balaban J connectivity index is 3.75. The summed E-state index contributed by atoms with van der Waals surface area (Å²) in [5.41, 5.74) is 9.41.